The molecule has 0 aliphatic carbocycles. The molecule has 0 atom stereocenters. The van der Waals surface area contributed by atoms with Gasteiger partial charge in [0.25, 0.3) is 5.91 Å². The molecule has 0 aliphatic rings. The Balaban J connectivity index is 2.18. The average Bonchev–Trinajstić information content (AvgIpc) is 2.90. The van der Waals surface area contributed by atoms with Crippen molar-refractivity contribution in [3.8, 4) is 11.5 Å². The maximum Gasteiger partial charge on any atom is 0.254 e. The minimum Gasteiger partial charge on any atom is -0.497 e. The summed E-state index contributed by atoms with van der Waals surface area (Å²) < 4.78 is 10.3. The van der Waals surface area contributed by atoms with Gasteiger partial charge in [-0.1, -0.05) is 0 Å². The molecule has 0 spiro atoms. The van der Waals surface area contributed by atoms with Crippen molar-refractivity contribution in [3.63, 3.8) is 0 Å². The van der Waals surface area contributed by atoms with E-state index >= 15 is 0 Å². The van der Waals surface area contributed by atoms with Gasteiger partial charge in [-0.05, 0) is 13.0 Å². The number of methoxy groups -OCH3 is 2. The standard InChI is InChI=1S/C14H17N3O3S/c1-8-7-21-12(17-8)6-16-14(18)10-4-9(19-2)5-11(20-3)13(10)15/h4-5,7H,6,15H2,1-3H3,(H,16,18). The number of carbonyl (C=O) groups excluding carboxylic acids is 1. The molecule has 3 N–H and O–H groups in total. The minimum absolute atomic E-state index is 0.283. The van der Waals surface area contributed by atoms with E-state index in [1.807, 2.05) is 12.3 Å². The van der Waals surface area contributed by atoms with Crippen molar-refractivity contribution in [1.82, 2.24) is 10.3 Å². The molecule has 0 bridgehead atoms. The number of rotatable bonds is 5. The zero-order valence-corrected chi connectivity index (χ0v) is 12.9. The topological polar surface area (TPSA) is 86.5 Å². The average molecular weight is 307 g/mol. The van der Waals surface area contributed by atoms with Crippen LogP contribution in [0.3, 0.4) is 0 Å². The molecule has 21 heavy (non-hydrogen) atoms. The number of amides is 1. The lowest BCUT2D eigenvalue weighted by Gasteiger charge is -2.12. The number of nitrogens with one attached hydrogen (secondary N) is 1. The SMILES string of the molecule is COc1cc(OC)c(N)c(C(=O)NCc2nc(C)cs2)c1. The van der Waals surface area contributed by atoms with Crippen molar-refractivity contribution >= 4 is 22.9 Å². The van der Waals surface area contributed by atoms with Gasteiger partial charge < -0.3 is 20.5 Å². The van der Waals surface area contributed by atoms with Gasteiger partial charge in [0.05, 0.1) is 32.0 Å². The van der Waals surface area contributed by atoms with Crippen LogP contribution in [-0.2, 0) is 6.54 Å². The van der Waals surface area contributed by atoms with Gasteiger partial charge >= 0.3 is 0 Å². The minimum atomic E-state index is -0.294. The highest BCUT2D eigenvalue weighted by molar-refractivity contribution is 7.09. The predicted molar refractivity (Wildman–Crippen MR) is 82.0 cm³/mol. The predicted octanol–water partition coefficient (Wildman–Crippen LogP) is 1.98. The number of hydrogen-bond donors (Lipinski definition) is 2. The Morgan fingerprint density at radius 3 is 2.71 bits per heavy atom. The van der Waals surface area contributed by atoms with E-state index in [2.05, 4.69) is 10.3 Å². The highest BCUT2D eigenvalue weighted by atomic mass is 32.1. The van der Waals surface area contributed by atoms with Gasteiger partial charge in [0.1, 0.15) is 16.5 Å². The molecule has 0 saturated heterocycles. The van der Waals surface area contributed by atoms with E-state index < -0.39 is 0 Å². The third-order valence-electron chi connectivity index (χ3n) is 2.88. The van der Waals surface area contributed by atoms with Gasteiger partial charge in [0.15, 0.2) is 0 Å². The fourth-order valence-corrected chi connectivity index (χ4v) is 2.52. The number of carbonyl (C=O) groups is 1. The summed E-state index contributed by atoms with van der Waals surface area (Å²) in [6.45, 7) is 2.27. The highest BCUT2D eigenvalue weighted by Crippen LogP contribution is 2.31. The van der Waals surface area contributed by atoms with E-state index in [0.717, 1.165) is 10.7 Å². The largest absolute Gasteiger partial charge is 0.497 e. The lowest BCUT2D eigenvalue weighted by molar-refractivity contribution is 0.0951. The van der Waals surface area contributed by atoms with Crippen LogP contribution in [0.4, 0.5) is 5.69 Å². The van der Waals surface area contributed by atoms with Crippen LogP contribution < -0.4 is 20.5 Å². The van der Waals surface area contributed by atoms with E-state index in [0.29, 0.717) is 23.6 Å². The van der Waals surface area contributed by atoms with Crippen molar-refractivity contribution in [2.24, 2.45) is 0 Å². The van der Waals surface area contributed by atoms with Crippen LogP contribution in [0.5, 0.6) is 11.5 Å². The number of benzene rings is 1. The Morgan fingerprint density at radius 2 is 2.14 bits per heavy atom. The Morgan fingerprint density at radius 1 is 1.38 bits per heavy atom. The molecule has 1 aromatic carbocycles. The number of ether oxygens (including phenoxy) is 2. The summed E-state index contributed by atoms with van der Waals surface area (Å²) >= 11 is 1.50. The Labute approximate surface area is 126 Å². The van der Waals surface area contributed by atoms with Gasteiger partial charge in [-0.15, -0.1) is 11.3 Å². The Bertz CT molecular complexity index is 655. The molecule has 1 heterocycles. The molecule has 0 radical (unpaired) electrons. The van der Waals surface area contributed by atoms with Gasteiger partial charge in [0.2, 0.25) is 0 Å². The first-order chi connectivity index (χ1) is 10.0. The van der Waals surface area contributed by atoms with Crippen LogP contribution in [0.15, 0.2) is 17.5 Å². The summed E-state index contributed by atoms with van der Waals surface area (Å²) in [5.74, 6) is 0.624. The van der Waals surface area contributed by atoms with Crippen LogP contribution in [-0.4, -0.2) is 25.1 Å². The molecular formula is C14H17N3O3S. The summed E-state index contributed by atoms with van der Waals surface area (Å²) in [5.41, 5.74) is 7.48. The van der Waals surface area contributed by atoms with E-state index in [-0.39, 0.29) is 11.6 Å². The summed E-state index contributed by atoms with van der Waals surface area (Å²) in [6.07, 6.45) is 0. The monoisotopic (exact) mass is 307 g/mol. The molecule has 7 heteroatoms. The molecule has 2 aromatic rings. The van der Waals surface area contributed by atoms with Crippen molar-refractivity contribution < 1.29 is 14.3 Å². The first-order valence-electron chi connectivity index (χ1n) is 6.26. The number of nitrogens with two attached hydrogens (primary N) is 1. The fraction of sp³-hybridized carbons (Fsp3) is 0.286. The summed E-state index contributed by atoms with van der Waals surface area (Å²) in [4.78, 5) is 16.5. The second-order valence-electron chi connectivity index (χ2n) is 4.36. The Kier molecular flexibility index (Phi) is 4.64. The van der Waals surface area contributed by atoms with Gasteiger partial charge in [0, 0.05) is 17.1 Å². The van der Waals surface area contributed by atoms with Crippen LogP contribution in [0.2, 0.25) is 0 Å². The van der Waals surface area contributed by atoms with Crippen LogP contribution in [0, 0.1) is 6.92 Å². The van der Waals surface area contributed by atoms with Crippen LogP contribution in [0.1, 0.15) is 21.1 Å². The molecule has 0 aliphatic heterocycles. The molecule has 2 rings (SSSR count). The Hall–Kier alpha value is -2.28. The molecule has 1 aromatic heterocycles. The van der Waals surface area contributed by atoms with Crippen LogP contribution in [0.25, 0.3) is 0 Å². The van der Waals surface area contributed by atoms with E-state index in [9.17, 15) is 4.79 Å². The second kappa shape index (κ2) is 6.45. The van der Waals surface area contributed by atoms with E-state index in [1.165, 1.54) is 25.6 Å². The molecule has 6 nitrogen and oxygen atoms in total. The van der Waals surface area contributed by atoms with Crippen molar-refractivity contribution in [2.75, 3.05) is 20.0 Å². The molecule has 112 valence electrons. The zero-order valence-electron chi connectivity index (χ0n) is 12.1. The molecule has 0 saturated carbocycles. The van der Waals surface area contributed by atoms with Crippen molar-refractivity contribution in [3.05, 3.63) is 33.8 Å². The van der Waals surface area contributed by atoms with Crippen molar-refractivity contribution in [2.45, 2.75) is 13.5 Å². The van der Waals surface area contributed by atoms with Gasteiger partial charge in [-0.2, -0.15) is 0 Å². The van der Waals surface area contributed by atoms with Gasteiger partial charge in [-0.3, -0.25) is 4.79 Å². The number of nitrogens with zero attached hydrogens (tertiary/aromatic N) is 1. The number of aryl methyl sites for hydroxylation is 1. The molecule has 0 unspecified atom stereocenters. The normalized spacial score (nSPS) is 10.2. The number of thiazole rings is 1. The second-order valence-corrected chi connectivity index (χ2v) is 5.30. The first-order valence-corrected chi connectivity index (χ1v) is 7.13. The number of nitrogen functional groups attached to an aromatic ring is 1. The lowest BCUT2D eigenvalue weighted by atomic mass is 10.1. The summed E-state index contributed by atoms with van der Waals surface area (Å²) in [7, 11) is 3.01. The fourth-order valence-electron chi connectivity index (χ4n) is 1.81. The lowest BCUT2D eigenvalue weighted by Crippen LogP contribution is -2.24. The number of aromatic nitrogens is 1. The quantitative estimate of drug-likeness (QED) is 0.825. The van der Waals surface area contributed by atoms with Crippen LogP contribution >= 0.6 is 11.3 Å². The smallest absolute Gasteiger partial charge is 0.254 e. The van der Waals surface area contributed by atoms with E-state index in [1.54, 1.807) is 12.1 Å². The number of hydrogen-bond acceptors (Lipinski definition) is 6. The molecular weight excluding hydrogens is 290 g/mol. The third-order valence-corrected chi connectivity index (χ3v) is 3.85. The summed E-state index contributed by atoms with van der Waals surface area (Å²) in [6, 6.07) is 3.22. The van der Waals surface area contributed by atoms with Crippen molar-refractivity contribution in [1.29, 1.82) is 0 Å². The molecule has 0 fully saturated rings. The molecule has 1 amide bonds. The third kappa shape index (κ3) is 3.43. The maximum atomic E-state index is 12.3. The number of anilines is 1. The van der Waals surface area contributed by atoms with Gasteiger partial charge in [-0.25, -0.2) is 4.98 Å². The van der Waals surface area contributed by atoms with E-state index in [4.69, 9.17) is 15.2 Å². The zero-order chi connectivity index (χ0) is 15.4. The highest BCUT2D eigenvalue weighted by Gasteiger charge is 2.16. The maximum absolute atomic E-state index is 12.3. The summed E-state index contributed by atoms with van der Waals surface area (Å²) in [5, 5.41) is 5.57. The first kappa shape index (κ1) is 15.1.